The highest BCUT2D eigenvalue weighted by molar-refractivity contribution is 5.00. The highest BCUT2D eigenvalue weighted by atomic mass is 14.9. The molecule has 1 aromatic heterocycles. The normalized spacial score (nSPS) is 20.6. The second-order valence-electron chi connectivity index (χ2n) is 2.80. The van der Waals surface area contributed by atoms with Crippen LogP contribution in [0.1, 0.15) is 32.0 Å². The molecule has 0 amide bonds. The average molecular weight is 179 g/mol. The number of hydrogen-bond acceptors (Lipinski definition) is 3. The molecule has 0 aromatic carbocycles. The van der Waals surface area contributed by atoms with Crippen molar-refractivity contribution in [2.45, 2.75) is 26.2 Å². The summed E-state index contributed by atoms with van der Waals surface area (Å²) in [5.41, 5.74) is 0. The van der Waals surface area contributed by atoms with E-state index in [-0.39, 0.29) is 0 Å². The van der Waals surface area contributed by atoms with Gasteiger partial charge in [0.25, 0.3) is 0 Å². The number of aromatic nitrogens is 2. The van der Waals surface area contributed by atoms with Crippen LogP contribution in [0.3, 0.4) is 0 Å². The highest BCUT2D eigenvalue weighted by Crippen LogP contribution is 2.16. The minimum atomic E-state index is 0.538. The molecule has 2 heterocycles. The Morgan fingerprint density at radius 3 is 2.54 bits per heavy atom. The minimum Gasteiger partial charge on any atom is -0.316 e. The van der Waals surface area contributed by atoms with Crippen molar-refractivity contribution < 1.29 is 0 Å². The van der Waals surface area contributed by atoms with Gasteiger partial charge in [0.1, 0.15) is 5.82 Å². The van der Waals surface area contributed by atoms with Crippen LogP contribution in [0.2, 0.25) is 0 Å². The van der Waals surface area contributed by atoms with Gasteiger partial charge in [-0.05, 0) is 19.0 Å². The molecule has 1 N–H and O–H groups in total. The third-order valence-corrected chi connectivity index (χ3v) is 2.01. The monoisotopic (exact) mass is 179 g/mol. The Balaban J connectivity index is 0.000000396. The third-order valence-electron chi connectivity index (χ3n) is 2.01. The molecule has 0 spiro atoms. The van der Waals surface area contributed by atoms with Gasteiger partial charge in [0.05, 0.1) is 0 Å². The van der Waals surface area contributed by atoms with Crippen LogP contribution in [-0.2, 0) is 0 Å². The first-order valence-corrected chi connectivity index (χ1v) is 4.94. The van der Waals surface area contributed by atoms with Crippen molar-refractivity contribution >= 4 is 0 Å². The lowest BCUT2D eigenvalue weighted by atomic mass is 10.1. The molecule has 13 heavy (non-hydrogen) atoms. The fourth-order valence-corrected chi connectivity index (χ4v) is 1.40. The zero-order valence-electron chi connectivity index (χ0n) is 8.33. The summed E-state index contributed by atoms with van der Waals surface area (Å²) in [5.74, 6) is 1.52. The summed E-state index contributed by atoms with van der Waals surface area (Å²) in [6.45, 7) is 6.13. The molecule has 0 radical (unpaired) electrons. The van der Waals surface area contributed by atoms with Crippen LogP contribution in [0.25, 0.3) is 0 Å². The Kier molecular flexibility index (Phi) is 4.40. The van der Waals surface area contributed by atoms with Gasteiger partial charge in [0, 0.05) is 24.9 Å². The first kappa shape index (κ1) is 10.1. The molecule has 1 saturated heterocycles. The molecule has 1 aliphatic heterocycles. The van der Waals surface area contributed by atoms with Gasteiger partial charge in [-0.3, -0.25) is 0 Å². The van der Waals surface area contributed by atoms with Crippen molar-refractivity contribution in [2.24, 2.45) is 0 Å². The standard InChI is InChI=1S/C8H11N3.C2H6/c1-3-10-8(11-4-1)7-2-5-9-6-7;1-2/h1,3-4,7,9H,2,5-6H2;1-2H3. The maximum atomic E-state index is 4.21. The number of rotatable bonds is 1. The average Bonchev–Trinajstić information content (AvgIpc) is 2.75. The second kappa shape index (κ2) is 5.65. The Bertz CT molecular complexity index is 217. The number of hydrogen-bond donors (Lipinski definition) is 1. The molecule has 1 fully saturated rings. The highest BCUT2D eigenvalue weighted by Gasteiger charge is 2.17. The molecule has 1 atom stereocenters. The maximum absolute atomic E-state index is 4.21. The Hall–Kier alpha value is -0.960. The third kappa shape index (κ3) is 2.77. The van der Waals surface area contributed by atoms with Crippen LogP contribution in [0.15, 0.2) is 18.5 Å². The summed E-state index contributed by atoms with van der Waals surface area (Å²) in [5, 5.41) is 3.29. The van der Waals surface area contributed by atoms with Crippen molar-refractivity contribution in [3.8, 4) is 0 Å². The lowest BCUT2D eigenvalue weighted by Gasteiger charge is -2.03. The van der Waals surface area contributed by atoms with Crippen LogP contribution < -0.4 is 5.32 Å². The first-order valence-electron chi connectivity index (χ1n) is 4.94. The van der Waals surface area contributed by atoms with Gasteiger partial charge in [-0.25, -0.2) is 9.97 Å². The van der Waals surface area contributed by atoms with E-state index < -0.39 is 0 Å². The fourth-order valence-electron chi connectivity index (χ4n) is 1.40. The van der Waals surface area contributed by atoms with Gasteiger partial charge >= 0.3 is 0 Å². The van der Waals surface area contributed by atoms with Crippen molar-refractivity contribution in [1.82, 2.24) is 15.3 Å². The molecule has 0 aliphatic carbocycles. The second-order valence-corrected chi connectivity index (χ2v) is 2.80. The Morgan fingerprint density at radius 2 is 2.00 bits per heavy atom. The van der Waals surface area contributed by atoms with Crippen LogP contribution in [0.5, 0.6) is 0 Å². The summed E-state index contributed by atoms with van der Waals surface area (Å²) in [6, 6.07) is 1.85. The molecule has 72 valence electrons. The van der Waals surface area contributed by atoms with E-state index in [0.717, 1.165) is 18.9 Å². The maximum Gasteiger partial charge on any atom is 0.132 e. The molecule has 0 bridgehead atoms. The van der Waals surface area contributed by atoms with E-state index in [1.807, 2.05) is 19.9 Å². The van der Waals surface area contributed by atoms with E-state index in [9.17, 15) is 0 Å². The summed E-state index contributed by atoms with van der Waals surface area (Å²) < 4.78 is 0. The van der Waals surface area contributed by atoms with Gasteiger partial charge in [-0.15, -0.1) is 0 Å². The lowest BCUT2D eigenvalue weighted by molar-refractivity contribution is 0.701. The Morgan fingerprint density at radius 1 is 1.31 bits per heavy atom. The van der Waals surface area contributed by atoms with E-state index in [4.69, 9.17) is 0 Å². The predicted octanol–water partition coefficient (Wildman–Crippen LogP) is 1.58. The van der Waals surface area contributed by atoms with E-state index in [1.165, 1.54) is 6.42 Å². The van der Waals surface area contributed by atoms with E-state index in [0.29, 0.717) is 5.92 Å². The summed E-state index contributed by atoms with van der Waals surface area (Å²) in [4.78, 5) is 8.42. The summed E-state index contributed by atoms with van der Waals surface area (Å²) in [6.07, 6.45) is 4.78. The fraction of sp³-hybridized carbons (Fsp3) is 0.600. The zero-order valence-corrected chi connectivity index (χ0v) is 8.33. The van der Waals surface area contributed by atoms with Gasteiger partial charge < -0.3 is 5.32 Å². The molecule has 3 heteroatoms. The van der Waals surface area contributed by atoms with Crippen molar-refractivity contribution in [2.75, 3.05) is 13.1 Å². The van der Waals surface area contributed by atoms with Gasteiger partial charge in [-0.2, -0.15) is 0 Å². The van der Waals surface area contributed by atoms with Gasteiger partial charge in [0.2, 0.25) is 0 Å². The Labute approximate surface area is 79.6 Å². The number of nitrogens with zero attached hydrogens (tertiary/aromatic N) is 2. The van der Waals surface area contributed by atoms with E-state index >= 15 is 0 Å². The van der Waals surface area contributed by atoms with Crippen molar-refractivity contribution in [3.63, 3.8) is 0 Å². The van der Waals surface area contributed by atoms with E-state index in [2.05, 4.69) is 15.3 Å². The largest absolute Gasteiger partial charge is 0.316 e. The van der Waals surface area contributed by atoms with Gasteiger partial charge in [-0.1, -0.05) is 13.8 Å². The molecule has 1 aliphatic rings. The van der Waals surface area contributed by atoms with Crippen LogP contribution in [0, 0.1) is 0 Å². The predicted molar refractivity (Wildman–Crippen MR) is 53.6 cm³/mol. The van der Waals surface area contributed by atoms with Crippen LogP contribution in [-0.4, -0.2) is 23.1 Å². The van der Waals surface area contributed by atoms with Crippen LogP contribution >= 0.6 is 0 Å². The molecule has 2 rings (SSSR count). The molecule has 1 unspecified atom stereocenters. The molecule has 3 nitrogen and oxygen atoms in total. The number of nitrogens with one attached hydrogen (secondary N) is 1. The van der Waals surface area contributed by atoms with Crippen molar-refractivity contribution in [3.05, 3.63) is 24.3 Å². The summed E-state index contributed by atoms with van der Waals surface area (Å²) in [7, 11) is 0. The molecular formula is C10H17N3. The zero-order chi connectivity index (χ0) is 9.52. The minimum absolute atomic E-state index is 0.538. The molecular weight excluding hydrogens is 162 g/mol. The van der Waals surface area contributed by atoms with Crippen LogP contribution in [0.4, 0.5) is 0 Å². The van der Waals surface area contributed by atoms with Crippen molar-refractivity contribution in [1.29, 1.82) is 0 Å². The lowest BCUT2D eigenvalue weighted by Crippen LogP contribution is -2.09. The smallest absolute Gasteiger partial charge is 0.132 e. The first-order chi connectivity index (χ1) is 6.47. The molecule has 1 aromatic rings. The summed E-state index contributed by atoms with van der Waals surface area (Å²) >= 11 is 0. The topological polar surface area (TPSA) is 37.8 Å². The van der Waals surface area contributed by atoms with Gasteiger partial charge in [0.15, 0.2) is 0 Å². The SMILES string of the molecule is CC.c1cnc(C2CCNC2)nc1. The quantitative estimate of drug-likeness (QED) is 0.711. The van der Waals surface area contributed by atoms with E-state index in [1.54, 1.807) is 12.4 Å². The molecule has 0 saturated carbocycles.